The molecule has 14 heavy (non-hydrogen) atoms. The molecule has 0 aliphatic carbocycles. The van der Waals surface area contributed by atoms with Crippen LogP contribution in [0.5, 0.6) is 0 Å². The number of nitrogens with one attached hydrogen (secondary N) is 2. The van der Waals surface area contributed by atoms with Crippen LogP contribution in [0.3, 0.4) is 0 Å². The highest BCUT2D eigenvalue weighted by Gasteiger charge is 2.15. The van der Waals surface area contributed by atoms with Gasteiger partial charge in [-0.3, -0.25) is 4.79 Å². The van der Waals surface area contributed by atoms with Gasteiger partial charge in [0.1, 0.15) is 0 Å². The number of thioether (sulfide) groups is 1. The van der Waals surface area contributed by atoms with Crippen molar-refractivity contribution in [1.29, 1.82) is 0 Å². The molecular formula is C10H20N2OS. The highest BCUT2D eigenvalue weighted by Crippen LogP contribution is 2.16. The fourth-order valence-corrected chi connectivity index (χ4v) is 2.61. The molecule has 0 bridgehead atoms. The van der Waals surface area contributed by atoms with E-state index < -0.39 is 0 Å². The second kappa shape index (κ2) is 7.12. The van der Waals surface area contributed by atoms with Crippen molar-refractivity contribution in [2.24, 2.45) is 0 Å². The van der Waals surface area contributed by atoms with Gasteiger partial charge in [-0.05, 0) is 25.1 Å². The SMILES string of the molecule is CCNCCC(=O)NC1CCCSC1. The third kappa shape index (κ3) is 4.86. The van der Waals surface area contributed by atoms with Crippen LogP contribution in [0.25, 0.3) is 0 Å². The van der Waals surface area contributed by atoms with Crippen molar-refractivity contribution in [3.05, 3.63) is 0 Å². The Morgan fingerprint density at radius 3 is 3.07 bits per heavy atom. The highest BCUT2D eigenvalue weighted by atomic mass is 32.2. The molecule has 0 saturated carbocycles. The molecule has 0 aromatic heterocycles. The van der Waals surface area contributed by atoms with Crippen LogP contribution < -0.4 is 10.6 Å². The highest BCUT2D eigenvalue weighted by molar-refractivity contribution is 7.99. The van der Waals surface area contributed by atoms with Gasteiger partial charge in [0.25, 0.3) is 0 Å². The Morgan fingerprint density at radius 2 is 2.43 bits per heavy atom. The lowest BCUT2D eigenvalue weighted by molar-refractivity contribution is -0.121. The minimum Gasteiger partial charge on any atom is -0.353 e. The lowest BCUT2D eigenvalue weighted by Gasteiger charge is -2.22. The van der Waals surface area contributed by atoms with Gasteiger partial charge in [-0.15, -0.1) is 0 Å². The number of hydrogen-bond acceptors (Lipinski definition) is 3. The van der Waals surface area contributed by atoms with Gasteiger partial charge in [0, 0.05) is 24.8 Å². The number of amides is 1. The maximum atomic E-state index is 11.4. The zero-order valence-corrected chi connectivity index (χ0v) is 9.66. The van der Waals surface area contributed by atoms with Gasteiger partial charge in [-0.2, -0.15) is 11.8 Å². The summed E-state index contributed by atoms with van der Waals surface area (Å²) in [5.41, 5.74) is 0. The molecule has 2 N–H and O–H groups in total. The Hall–Kier alpha value is -0.220. The molecule has 0 spiro atoms. The van der Waals surface area contributed by atoms with E-state index in [2.05, 4.69) is 17.6 Å². The smallest absolute Gasteiger partial charge is 0.221 e. The summed E-state index contributed by atoms with van der Waals surface area (Å²) in [5.74, 6) is 2.54. The third-order valence-corrected chi connectivity index (χ3v) is 3.52. The van der Waals surface area contributed by atoms with E-state index in [-0.39, 0.29) is 5.91 Å². The summed E-state index contributed by atoms with van der Waals surface area (Å²) in [4.78, 5) is 11.4. The number of carbonyl (C=O) groups excluding carboxylic acids is 1. The van der Waals surface area contributed by atoms with Gasteiger partial charge in [-0.25, -0.2) is 0 Å². The van der Waals surface area contributed by atoms with Crippen LogP contribution in [0.4, 0.5) is 0 Å². The summed E-state index contributed by atoms with van der Waals surface area (Å²) in [6.07, 6.45) is 3.00. The predicted octanol–water partition coefficient (Wildman–Crippen LogP) is 0.998. The van der Waals surface area contributed by atoms with Gasteiger partial charge in [-0.1, -0.05) is 6.92 Å². The van der Waals surface area contributed by atoms with Crippen LogP contribution in [0.2, 0.25) is 0 Å². The molecule has 82 valence electrons. The molecule has 3 nitrogen and oxygen atoms in total. The molecule has 0 aromatic carbocycles. The van der Waals surface area contributed by atoms with Gasteiger partial charge >= 0.3 is 0 Å². The first-order valence-corrected chi connectivity index (χ1v) is 6.56. The average Bonchev–Trinajstić information content (AvgIpc) is 2.20. The van der Waals surface area contributed by atoms with E-state index in [4.69, 9.17) is 0 Å². The number of carbonyl (C=O) groups is 1. The summed E-state index contributed by atoms with van der Waals surface area (Å²) < 4.78 is 0. The summed E-state index contributed by atoms with van der Waals surface area (Å²) in [6.45, 7) is 3.78. The molecule has 0 radical (unpaired) electrons. The Kier molecular flexibility index (Phi) is 6.03. The summed E-state index contributed by atoms with van der Waals surface area (Å²) in [6, 6.07) is 0.419. The zero-order chi connectivity index (χ0) is 10.2. The minimum absolute atomic E-state index is 0.193. The van der Waals surface area contributed by atoms with Gasteiger partial charge < -0.3 is 10.6 Å². The third-order valence-electron chi connectivity index (χ3n) is 2.30. The molecule has 1 amide bonds. The Labute approximate surface area is 90.4 Å². The lowest BCUT2D eigenvalue weighted by atomic mass is 10.2. The molecule has 1 fully saturated rings. The van der Waals surface area contributed by atoms with Gasteiger partial charge in [0.05, 0.1) is 0 Å². The van der Waals surface area contributed by atoms with E-state index in [9.17, 15) is 4.79 Å². The van der Waals surface area contributed by atoms with Crippen LogP contribution in [0, 0.1) is 0 Å². The van der Waals surface area contributed by atoms with Crippen molar-refractivity contribution in [2.45, 2.75) is 32.2 Å². The van der Waals surface area contributed by atoms with E-state index >= 15 is 0 Å². The molecule has 1 aliphatic rings. The van der Waals surface area contributed by atoms with E-state index in [1.165, 1.54) is 12.2 Å². The topological polar surface area (TPSA) is 41.1 Å². The first kappa shape index (κ1) is 11.9. The van der Waals surface area contributed by atoms with Crippen LogP contribution in [-0.4, -0.2) is 36.5 Å². The standard InChI is InChI=1S/C10H20N2OS/c1-2-11-6-5-10(13)12-9-4-3-7-14-8-9/h9,11H,2-8H2,1H3,(H,12,13). The minimum atomic E-state index is 0.193. The van der Waals surface area contributed by atoms with Crippen LogP contribution in [0.15, 0.2) is 0 Å². The molecule has 0 aromatic rings. The van der Waals surface area contributed by atoms with Crippen molar-refractivity contribution in [1.82, 2.24) is 10.6 Å². The molecule has 1 unspecified atom stereocenters. The van der Waals surface area contributed by atoms with E-state index in [1.807, 2.05) is 11.8 Å². The maximum Gasteiger partial charge on any atom is 0.221 e. The van der Waals surface area contributed by atoms with Crippen molar-refractivity contribution in [3.63, 3.8) is 0 Å². The summed E-state index contributed by atoms with van der Waals surface area (Å²) in [5, 5.41) is 6.23. The molecule has 1 aliphatic heterocycles. The average molecular weight is 216 g/mol. The molecule has 1 rings (SSSR count). The summed E-state index contributed by atoms with van der Waals surface area (Å²) in [7, 11) is 0. The summed E-state index contributed by atoms with van der Waals surface area (Å²) >= 11 is 1.94. The molecule has 1 saturated heterocycles. The lowest BCUT2D eigenvalue weighted by Crippen LogP contribution is -2.39. The maximum absolute atomic E-state index is 11.4. The monoisotopic (exact) mass is 216 g/mol. The van der Waals surface area contributed by atoms with E-state index in [0.717, 1.165) is 25.3 Å². The van der Waals surface area contributed by atoms with Crippen molar-refractivity contribution in [3.8, 4) is 0 Å². The Balaban J connectivity index is 2.06. The van der Waals surface area contributed by atoms with Crippen molar-refractivity contribution >= 4 is 17.7 Å². The first-order valence-electron chi connectivity index (χ1n) is 5.40. The number of hydrogen-bond donors (Lipinski definition) is 2. The fourth-order valence-electron chi connectivity index (χ4n) is 1.53. The predicted molar refractivity (Wildman–Crippen MR) is 61.7 cm³/mol. The van der Waals surface area contributed by atoms with Crippen LogP contribution in [-0.2, 0) is 4.79 Å². The zero-order valence-electron chi connectivity index (χ0n) is 8.84. The van der Waals surface area contributed by atoms with Crippen molar-refractivity contribution < 1.29 is 4.79 Å². The van der Waals surface area contributed by atoms with E-state index in [0.29, 0.717) is 12.5 Å². The molecule has 1 atom stereocenters. The molecule has 4 heteroatoms. The van der Waals surface area contributed by atoms with Crippen molar-refractivity contribution in [2.75, 3.05) is 24.6 Å². The molecular weight excluding hydrogens is 196 g/mol. The quantitative estimate of drug-likeness (QED) is 0.674. The van der Waals surface area contributed by atoms with Gasteiger partial charge in [0.15, 0.2) is 0 Å². The van der Waals surface area contributed by atoms with E-state index in [1.54, 1.807) is 0 Å². The largest absolute Gasteiger partial charge is 0.353 e. The second-order valence-corrected chi connectivity index (χ2v) is 4.73. The second-order valence-electron chi connectivity index (χ2n) is 3.59. The van der Waals surface area contributed by atoms with Crippen LogP contribution >= 0.6 is 11.8 Å². The fraction of sp³-hybridized carbons (Fsp3) is 0.900. The Morgan fingerprint density at radius 1 is 1.57 bits per heavy atom. The normalized spacial score (nSPS) is 21.9. The number of rotatable bonds is 5. The van der Waals surface area contributed by atoms with Crippen LogP contribution in [0.1, 0.15) is 26.2 Å². The van der Waals surface area contributed by atoms with Gasteiger partial charge in [0.2, 0.25) is 5.91 Å². The first-order chi connectivity index (χ1) is 6.83. The molecule has 1 heterocycles. The Bertz CT molecular complexity index is 170.